The molecule has 1 N–H and O–H groups in total. The molecule has 0 bridgehead atoms. The van der Waals surface area contributed by atoms with Gasteiger partial charge in [-0.3, -0.25) is 4.98 Å². The van der Waals surface area contributed by atoms with Crippen molar-refractivity contribution in [1.29, 1.82) is 0 Å². The van der Waals surface area contributed by atoms with Crippen molar-refractivity contribution in [1.82, 2.24) is 10.3 Å². The number of nitrogens with zero attached hydrogens (tertiary/aromatic N) is 1. The predicted octanol–water partition coefficient (Wildman–Crippen LogP) is 4.02. The van der Waals surface area contributed by atoms with Crippen molar-refractivity contribution >= 4 is 11.6 Å². The number of halogens is 1. The van der Waals surface area contributed by atoms with Crippen LogP contribution in [0.5, 0.6) is 0 Å². The largest absolute Gasteiger partial charge is 0.310 e. The van der Waals surface area contributed by atoms with E-state index >= 15 is 0 Å². The lowest BCUT2D eigenvalue weighted by Crippen LogP contribution is -2.24. The predicted molar refractivity (Wildman–Crippen MR) is 80.4 cm³/mol. The maximum Gasteiger partial charge on any atom is 0.0438 e. The van der Waals surface area contributed by atoms with E-state index < -0.39 is 0 Å². The minimum atomic E-state index is 0.280. The normalized spacial score (nSPS) is 12.3. The molecule has 1 atom stereocenters. The van der Waals surface area contributed by atoms with E-state index in [0.29, 0.717) is 0 Å². The molecule has 2 nitrogen and oxygen atoms in total. The highest BCUT2D eigenvalue weighted by molar-refractivity contribution is 6.31. The Labute approximate surface area is 119 Å². The van der Waals surface area contributed by atoms with Gasteiger partial charge in [0.2, 0.25) is 0 Å². The first-order valence-corrected chi connectivity index (χ1v) is 7.05. The van der Waals surface area contributed by atoms with Crippen molar-refractivity contribution in [2.45, 2.75) is 25.8 Å². The van der Waals surface area contributed by atoms with Gasteiger partial charge in [0.1, 0.15) is 0 Å². The van der Waals surface area contributed by atoms with Gasteiger partial charge in [-0.25, -0.2) is 0 Å². The molecule has 0 fully saturated rings. The number of aromatic nitrogens is 1. The Bertz CT molecular complexity index is 499. The number of benzene rings is 1. The van der Waals surface area contributed by atoms with E-state index in [1.807, 2.05) is 30.6 Å². The van der Waals surface area contributed by atoms with Gasteiger partial charge in [-0.1, -0.05) is 36.7 Å². The van der Waals surface area contributed by atoms with Gasteiger partial charge in [0.05, 0.1) is 0 Å². The van der Waals surface area contributed by atoms with Gasteiger partial charge < -0.3 is 5.32 Å². The van der Waals surface area contributed by atoms with Gasteiger partial charge in [0.25, 0.3) is 0 Å². The van der Waals surface area contributed by atoms with Crippen LogP contribution in [0.4, 0.5) is 0 Å². The van der Waals surface area contributed by atoms with E-state index in [0.717, 1.165) is 24.4 Å². The van der Waals surface area contributed by atoms with Gasteiger partial charge in [-0.2, -0.15) is 0 Å². The Morgan fingerprint density at radius 1 is 1.16 bits per heavy atom. The second kappa shape index (κ2) is 7.27. The lowest BCUT2D eigenvalue weighted by Gasteiger charge is -2.19. The zero-order valence-corrected chi connectivity index (χ0v) is 11.9. The minimum absolute atomic E-state index is 0.280. The summed E-state index contributed by atoms with van der Waals surface area (Å²) in [6, 6.07) is 12.4. The molecule has 3 heteroatoms. The topological polar surface area (TPSA) is 24.9 Å². The van der Waals surface area contributed by atoms with Crippen LogP contribution in [0.2, 0.25) is 5.02 Å². The van der Waals surface area contributed by atoms with Crippen LogP contribution in [0.3, 0.4) is 0 Å². The summed E-state index contributed by atoms with van der Waals surface area (Å²) in [5.74, 6) is 0. The third kappa shape index (κ3) is 4.05. The van der Waals surface area contributed by atoms with E-state index in [9.17, 15) is 0 Å². The van der Waals surface area contributed by atoms with Crippen LogP contribution < -0.4 is 5.32 Å². The molecule has 1 heterocycles. The Morgan fingerprint density at radius 3 is 2.58 bits per heavy atom. The zero-order valence-electron chi connectivity index (χ0n) is 11.1. The van der Waals surface area contributed by atoms with Crippen molar-refractivity contribution in [3.05, 3.63) is 64.9 Å². The maximum absolute atomic E-state index is 6.25. The first kappa shape index (κ1) is 14.0. The Hall–Kier alpha value is -1.38. The summed E-state index contributed by atoms with van der Waals surface area (Å²) in [6.45, 7) is 3.17. The van der Waals surface area contributed by atoms with Crippen LogP contribution in [-0.2, 0) is 6.42 Å². The van der Waals surface area contributed by atoms with Crippen LogP contribution in [0, 0.1) is 0 Å². The van der Waals surface area contributed by atoms with Crippen LogP contribution in [0.15, 0.2) is 48.8 Å². The zero-order chi connectivity index (χ0) is 13.5. The number of hydrogen-bond acceptors (Lipinski definition) is 2. The average Bonchev–Trinajstić information content (AvgIpc) is 2.46. The van der Waals surface area contributed by atoms with E-state index in [1.54, 1.807) is 0 Å². The molecule has 0 saturated carbocycles. The molecule has 0 aliphatic rings. The Balaban J connectivity index is 2.17. The van der Waals surface area contributed by atoms with Crippen molar-refractivity contribution in [2.75, 3.05) is 6.54 Å². The summed E-state index contributed by atoms with van der Waals surface area (Å²) >= 11 is 6.25. The minimum Gasteiger partial charge on any atom is -0.310 e. The Morgan fingerprint density at radius 2 is 1.89 bits per heavy atom. The smallest absolute Gasteiger partial charge is 0.0438 e. The third-order valence-electron chi connectivity index (χ3n) is 3.13. The Kier molecular flexibility index (Phi) is 5.37. The summed E-state index contributed by atoms with van der Waals surface area (Å²) in [6.07, 6.45) is 5.68. The highest BCUT2D eigenvalue weighted by Gasteiger charge is 2.12. The molecule has 1 aromatic heterocycles. The average molecular weight is 275 g/mol. The lowest BCUT2D eigenvalue weighted by molar-refractivity contribution is 0.529. The summed E-state index contributed by atoms with van der Waals surface area (Å²) < 4.78 is 0. The van der Waals surface area contributed by atoms with Crippen molar-refractivity contribution < 1.29 is 0 Å². The summed E-state index contributed by atoms with van der Waals surface area (Å²) in [5, 5.41) is 4.41. The second-order valence-corrected chi connectivity index (χ2v) is 4.99. The van der Waals surface area contributed by atoms with E-state index in [2.05, 4.69) is 35.4 Å². The number of nitrogens with one attached hydrogen (secondary N) is 1. The number of pyridine rings is 1. The fraction of sp³-hybridized carbons (Fsp3) is 0.312. The molecule has 0 saturated heterocycles. The SMILES string of the molecule is CCCNC(Cc1ccccc1Cl)c1ccncc1. The van der Waals surface area contributed by atoms with Gasteiger partial charge in [0.15, 0.2) is 0 Å². The molecule has 1 aromatic carbocycles. The molecule has 0 amide bonds. The highest BCUT2D eigenvalue weighted by Crippen LogP contribution is 2.23. The standard InChI is InChI=1S/C16H19ClN2/c1-2-9-19-16(13-7-10-18-11-8-13)12-14-5-3-4-6-15(14)17/h3-8,10-11,16,19H,2,9,12H2,1H3. The van der Waals surface area contributed by atoms with Crippen molar-refractivity contribution in [3.63, 3.8) is 0 Å². The van der Waals surface area contributed by atoms with Crippen LogP contribution in [0.25, 0.3) is 0 Å². The number of hydrogen-bond donors (Lipinski definition) is 1. The third-order valence-corrected chi connectivity index (χ3v) is 3.50. The van der Waals surface area contributed by atoms with E-state index in [1.165, 1.54) is 11.1 Å². The fourth-order valence-corrected chi connectivity index (χ4v) is 2.32. The van der Waals surface area contributed by atoms with Gasteiger partial charge in [0, 0.05) is 23.5 Å². The van der Waals surface area contributed by atoms with Gasteiger partial charge >= 0.3 is 0 Å². The first-order valence-electron chi connectivity index (χ1n) is 6.68. The molecule has 0 aliphatic heterocycles. The summed E-state index contributed by atoms with van der Waals surface area (Å²) in [5.41, 5.74) is 2.43. The van der Waals surface area contributed by atoms with E-state index in [4.69, 9.17) is 11.6 Å². The van der Waals surface area contributed by atoms with Crippen molar-refractivity contribution in [3.8, 4) is 0 Å². The van der Waals surface area contributed by atoms with Crippen LogP contribution in [-0.4, -0.2) is 11.5 Å². The summed E-state index contributed by atoms with van der Waals surface area (Å²) in [4.78, 5) is 4.08. The first-order chi connectivity index (χ1) is 9.31. The molecule has 2 rings (SSSR count). The van der Waals surface area contributed by atoms with Crippen LogP contribution in [0.1, 0.15) is 30.5 Å². The molecule has 0 aliphatic carbocycles. The molecule has 0 spiro atoms. The molecule has 1 unspecified atom stereocenters. The molecular weight excluding hydrogens is 256 g/mol. The summed E-state index contributed by atoms with van der Waals surface area (Å²) in [7, 11) is 0. The molecule has 0 radical (unpaired) electrons. The molecule has 19 heavy (non-hydrogen) atoms. The van der Waals surface area contributed by atoms with Crippen molar-refractivity contribution in [2.24, 2.45) is 0 Å². The molecule has 2 aromatic rings. The van der Waals surface area contributed by atoms with E-state index in [-0.39, 0.29) is 6.04 Å². The van der Waals surface area contributed by atoms with Gasteiger partial charge in [-0.15, -0.1) is 0 Å². The molecular formula is C16H19ClN2. The monoisotopic (exact) mass is 274 g/mol. The fourth-order valence-electron chi connectivity index (χ4n) is 2.11. The number of rotatable bonds is 6. The quantitative estimate of drug-likeness (QED) is 0.861. The molecule has 100 valence electrons. The lowest BCUT2D eigenvalue weighted by atomic mass is 9.99. The second-order valence-electron chi connectivity index (χ2n) is 4.58. The van der Waals surface area contributed by atoms with Crippen LogP contribution >= 0.6 is 11.6 Å². The highest BCUT2D eigenvalue weighted by atomic mass is 35.5. The van der Waals surface area contributed by atoms with Gasteiger partial charge in [-0.05, 0) is 48.7 Å². The maximum atomic E-state index is 6.25.